The van der Waals surface area contributed by atoms with Crippen LogP contribution < -0.4 is 5.73 Å². The molecule has 1 aliphatic heterocycles. The highest BCUT2D eigenvalue weighted by atomic mass is 32.1. The van der Waals surface area contributed by atoms with Crippen LogP contribution in [0.3, 0.4) is 0 Å². The van der Waals surface area contributed by atoms with Crippen molar-refractivity contribution in [3.8, 4) is 0 Å². The molecule has 1 fully saturated rings. The molecule has 5 nitrogen and oxygen atoms in total. The summed E-state index contributed by atoms with van der Waals surface area (Å²) in [5, 5.41) is 0.876. The maximum atomic E-state index is 12.7. The van der Waals surface area contributed by atoms with Gasteiger partial charge in [-0.15, -0.1) is 11.3 Å². The van der Waals surface area contributed by atoms with Crippen LogP contribution in [0.1, 0.15) is 28.2 Å². The Hall–Kier alpha value is -1.66. The molecule has 1 saturated heterocycles. The Morgan fingerprint density at radius 2 is 2.14 bits per heavy atom. The summed E-state index contributed by atoms with van der Waals surface area (Å²) in [5.41, 5.74) is 7.64. The number of ether oxygens (including phenoxy) is 1. The first-order valence-electron chi connectivity index (χ1n) is 7.08. The van der Waals surface area contributed by atoms with Crippen molar-refractivity contribution in [2.24, 2.45) is 0 Å². The molecular formula is C15H19N3O2S. The highest BCUT2D eigenvalue weighted by molar-refractivity contribution is 7.21. The van der Waals surface area contributed by atoms with E-state index in [1.54, 1.807) is 7.11 Å². The number of carbonyl (C=O) groups is 1. The van der Waals surface area contributed by atoms with E-state index < -0.39 is 0 Å². The first-order chi connectivity index (χ1) is 10.1. The minimum Gasteiger partial charge on any atom is -0.397 e. The zero-order chi connectivity index (χ0) is 15.0. The van der Waals surface area contributed by atoms with Gasteiger partial charge in [-0.05, 0) is 31.9 Å². The van der Waals surface area contributed by atoms with E-state index in [0.717, 1.165) is 41.8 Å². The Morgan fingerprint density at radius 3 is 2.81 bits per heavy atom. The third-order valence-corrected chi connectivity index (χ3v) is 5.09. The number of likely N-dealkylation sites (tertiary alicyclic amines) is 1. The predicted molar refractivity (Wildman–Crippen MR) is 84.7 cm³/mol. The monoisotopic (exact) mass is 305 g/mol. The van der Waals surface area contributed by atoms with E-state index in [1.807, 2.05) is 24.0 Å². The van der Waals surface area contributed by atoms with Crippen LogP contribution in [0, 0.1) is 6.92 Å². The Labute approximate surface area is 127 Å². The molecule has 2 N–H and O–H groups in total. The van der Waals surface area contributed by atoms with Crippen molar-refractivity contribution in [2.75, 3.05) is 25.9 Å². The molecule has 0 atom stereocenters. The van der Waals surface area contributed by atoms with Gasteiger partial charge in [-0.2, -0.15) is 0 Å². The van der Waals surface area contributed by atoms with Crippen molar-refractivity contribution >= 4 is 33.1 Å². The largest absolute Gasteiger partial charge is 0.397 e. The van der Waals surface area contributed by atoms with E-state index >= 15 is 0 Å². The van der Waals surface area contributed by atoms with Gasteiger partial charge in [0.2, 0.25) is 0 Å². The molecule has 3 rings (SSSR count). The number of hydrogen-bond acceptors (Lipinski definition) is 5. The Balaban J connectivity index is 1.86. The second-order valence-electron chi connectivity index (χ2n) is 5.38. The minimum atomic E-state index is 0.0164. The molecule has 0 saturated carbocycles. The molecule has 0 aliphatic carbocycles. The molecular weight excluding hydrogens is 286 g/mol. The minimum absolute atomic E-state index is 0.0164. The summed E-state index contributed by atoms with van der Waals surface area (Å²) in [7, 11) is 1.72. The van der Waals surface area contributed by atoms with Crippen LogP contribution in [-0.2, 0) is 4.74 Å². The standard InChI is InChI=1S/C15H19N3O2S/c1-9-3-4-11-12(16)13(21-14(11)17-9)15(19)18-7-5-10(20-2)6-8-18/h3-4,10H,5-8,16H2,1-2H3. The number of anilines is 1. The maximum absolute atomic E-state index is 12.7. The van der Waals surface area contributed by atoms with Gasteiger partial charge < -0.3 is 15.4 Å². The van der Waals surface area contributed by atoms with Crippen molar-refractivity contribution in [2.45, 2.75) is 25.9 Å². The van der Waals surface area contributed by atoms with Gasteiger partial charge in [0.15, 0.2) is 0 Å². The molecule has 21 heavy (non-hydrogen) atoms. The third-order valence-electron chi connectivity index (χ3n) is 3.99. The predicted octanol–water partition coefficient (Wildman–Crippen LogP) is 2.44. The Bertz CT molecular complexity index is 675. The number of aromatic nitrogens is 1. The lowest BCUT2D eigenvalue weighted by Crippen LogP contribution is -2.40. The topological polar surface area (TPSA) is 68.5 Å². The fourth-order valence-corrected chi connectivity index (χ4v) is 3.79. The van der Waals surface area contributed by atoms with Crippen LogP contribution in [0.25, 0.3) is 10.2 Å². The van der Waals surface area contributed by atoms with E-state index in [0.29, 0.717) is 10.6 Å². The van der Waals surface area contributed by atoms with Gasteiger partial charge in [0.1, 0.15) is 9.71 Å². The van der Waals surface area contributed by atoms with Gasteiger partial charge in [-0.1, -0.05) is 0 Å². The van der Waals surface area contributed by atoms with Gasteiger partial charge in [0.25, 0.3) is 5.91 Å². The van der Waals surface area contributed by atoms with Crippen molar-refractivity contribution in [1.82, 2.24) is 9.88 Å². The lowest BCUT2D eigenvalue weighted by Gasteiger charge is -2.31. The maximum Gasteiger partial charge on any atom is 0.266 e. The summed E-state index contributed by atoms with van der Waals surface area (Å²) in [5.74, 6) is 0.0164. The molecule has 0 unspecified atom stereocenters. The summed E-state index contributed by atoms with van der Waals surface area (Å²) in [6.45, 7) is 3.38. The van der Waals surface area contributed by atoms with Gasteiger partial charge >= 0.3 is 0 Å². The van der Waals surface area contributed by atoms with Crippen LogP contribution in [0.5, 0.6) is 0 Å². The van der Waals surface area contributed by atoms with Gasteiger partial charge in [0, 0.05) is 31.3 Å². The molecule has 1 amide bonds. The van der Waals surface area contributed by atoms with Crippen LogP contribution in [-0.4, -0.2) is 42.1 Å². The molecule has 0 aromatic carbocycles. The van der Waals surface area contributed by atoms with Crippen LogP contribution in [0.2, 0.25) is 0 Å². The number of hydrogen-bond donors (Lipinski definition) is 1. The number of piperidine rings is 1. The summed E-state index contributed by atoms with van der Waals surface area (Å²) in [4.78, 5) is 20.4. The number of aryl methyl sites for hydroxylation is 1. The average molecular weight is 305 g/mol. The van der Waals surface area contributed by atoms with Crippen molar-refractivity contribution in [1.29, 1.82) is 0 Å². The quantitative estimate of drug-likeness (QED) is 0.925. The van der Waals surface area contributed by atoms with E-state index in [2.05, 4.69) is 4.98 Å². The second kappa shape index (κ2) is 5.61. The molecule has 112 valence electrons. The van der Waals surface area contributed by atoms with E-state index in [1.165, 1.54) is 11.3 Å². The Morgan fingerprint density at radius 1 is 1.43 bits per heavy atom. The summed E-state index contributed by atoms with van der Waals surface area (Å²) in [6, 6.07) is 3.86. The lowest BCUT2D eigenvalue weighted by molar-refractivity contribution is 0.0354. The van der Waals surface area contributed by atoms with Gasteiger partial charge in [-0.25, -0.2) is 4.98 Å². The smallest absolute Gasteiger partial charge is 0.266 e. The molecule has 0 bridgehead atoms. The van der Waals surface area contributed by atoms with Crippen LogP contribution in [0.4, 0.5) is 5.69 Å². The first-order valence-corrected chi connectivity index (χ1v) is 7.89. The fraction of sp³-hybridized carbons (Fsp3) is 0.467. The summed E-state index contributed by atoms with van der Waals surface area (Å²) in [6.07, 6.45) is 2.02. The molecule has 2 aromatic heterocycles. The number of pyridine rings is 1. The number of thiophene rings is 1. The molecule has 2 aromatic rings. The number of fused-ring (bicyclic) bond motifs is 1. The number of methoxy groups -OCH3 is 1. The van der Waals surface area contributed by atoms with E-state index in [-0.39, 0.29) is 12.0 Å². The van der Waals surface area contributed by atoms with Crippen molar-refractivity contribution in [3.05, 3.63) is 22.7 Å². The number of nitrogens with zero attached hydrogens (tertiary/aromatic N) is 2. The Kier molecular flexibility index (Phi) is 3.82. The van der Waals surface area contributed by atoms with Gasteiger partial charge in [-0.3, -0.25) is 4.79 Å². The fourth-order valence-electron chi connectivity index (χ4n) is 2.69. The van der Waals surface area contributed by atoms with E-state index in [4.69, 9.17) is 10.5 Å². The second-order valence-corrected chi connectivity index (χ2v) is 6.38. The van der Waals surface area contributed by atoms with Crippen molar-refractivity contribution < 1.29 is 9.53 Å². The van der Waals surface area contributed by atoms with Crippen molar-refractivity contribution in [3.63, 3.8) is 0 Å². The zero-order valence-corrected chi connectivity index (χ0v) is 13.1. The third kappa shape index (κ3) is 2.61. The average Bonchev–Trinajstić information content (AvgIpc) is 2.83. The SMILES string of the molecule is COC1CCN(C(=O)c2sc3nc(C)ccc3c2N)CC1. The number of rotatable bonds is 2. The van der Waals surface area contributed by atoms with Crippen LogP contribution in [0.15, 0.2) is 12.1 Å². The summed E-state index contributed by atoms with van der Waals surface area (Å²) < 4.78 is 5.34. The highest BCUT2D eigenvalue weighted by Gasteiger charge is 2.26. The zero-order valence-electron chi connectivity index (χ0n) is 12.3. The molecule has 6 heteroatoms. The molecule has 0 spiro atoms. The van der Waals surface area contributed by atoms with Gasteiger partial charge in [0.05, 0.1) is 11.8 Å². The number of amides is 1. The first kappa shape index (κ1) is 14.3. The molecule has 1 aliphatic rings. The number of carbonyl (C=O) groups excluding carboxylic acids is 1. The van der Waals surface area contributed by atoms with Crippen LogP contribution >= 0.6 is 11.3 Å². The number of nitrogen functional groups attached to an aromatic ring is 1. The van der Waals surface area contributed by atoms with E-state index in [9.17, 15) is 4.79 Å². The highest BCUT2D eigenvalue weighted by Crippen LogP contribution is 2.33. The molecule has 3 heterocycles. The lowest BCUT2D eigenvalue weighted by atomic mass is 10.1. The summed E-state index contributed by atoms with van der Waals surface area (Å²) >= 11 is 1.39. The normalized spacial score (nSPS) is 16.6. The number of nitrogens with two attached hydrogens (primary N) is 1. The molecule has 0 radical (unpaired) electrons.